The number of alkyl halides is 1. The molecule has 1 unspecified atom stereocenters. The van der Waals surface area contributed by atoms with Crippen LogP contribution in [-0.2, 0) is 6.42 Å². The van der Waals surface area contributed by atoms with Gasteiger partial charge in [-0.15, -0.1) is 0 Å². The van der Waals surface area contributed by atoms with Gasteiger partial charge < -0.3 is 4.74 Å². The first kappa shape index (κ1) is 14.9. The van der Waals surface area contributed by atoms with Crippen molar-refractivity contribution in [1.29, 1.82) is 0 Å². The molecule has 0 saturated carbocycles. The quantitative estimate of drug-likeness (QED) is 0.607. The molecule has 0 spiro atoms. The lowest BCUT2D eigenvalue weighted by Gasteiger charge is -2.16. The topological polar surface area (TPSA) is 9.23 Å². The second-order valence-electron chi connectivity index (χ2n) is 6.27. The van der Waals surface area contributed by atoms with Gasteiger partial charge in [0, 0.05) is 11.4 Å². The van der Waals surface area contributed by atoms with Crippen molar-refractivity contribution < 1.29 is 4.74 Å². The highest BCUT2D eigenvalue weighted by atomic mass is 79.9. The Morgan fingerprint density at radius 1 is 1.19 bits per heavy atom. The molecule has 1 atom stereocenters. The van der Waals surface area contributed by atoms with Crippen LogP contribution in [0.15, 0.2) is 36.4 Å². The number of benzene rings is 2. The van der Waals surface area contributed by atoms with Crippen LogP contribution in [0.4, 0.5) is 0 Å². The normalized spacial score (nSPS) is 17.2. The van der Waals surface area contributed by atoms with E-state index >= 15 is 0 Å². The fraction of sp³-hybridized carbons (Fsp3) is 0.333. The van der Waals surface area contributed by atoms with Crippen molar-refractivity contribution in [2.45, 2.75) is 37.6 Å². The van der Waals surface area contributed by atoms with E-state index in [4.69, 9.17) is 16.3 Å². The SMILES string of the molecule is Cc1cc(Cl)ccc1C(Br)c1ccc2c(c1)CC(C)(C)O2. The molecule has 1 aliphatic rings. The predicted octanol–water partition coefficient (Wildman–Crippen LogP) is 5.85. The summed E-state index contributed by atoms with van der Waals surface area (Å²) in [5.74, 6) is 1.01. The van der Waals surface area contributed by atoms with Crippen molar-refractivity contribution in [2.75, 3.05) is 0 Å². The predicted molar refractivity (Wildman–Crippen MR) is 91.8 cm³/mol. The highest BCUT2D eigenvalue weighted by molar-refractivity contribution is 9.09. The monoisotopic (exact) mass is 364 g/mol. The Labute approximate surface area is 139 Å². The van der Waals surface area contributed by atoms with Gasteiger partial charge in [-0.2, -0.15) is 0 Å². The minimum absolute atomic E-state index is 0.0983. The van der Waals surface area contributed by atoms with Crippen LogP contribution in [0.3, 0.4) is 0 Å². The smallest absolute Gasteiger partial charge is 0.123 e. The number of hydrogen-bond donors (Lipinski definition) is 0. The second kappa shape index (κ2) is 5.33. The summed E-state index contributed by atoms with van der Waals surface area (Å²) in [6, 6.07) is 12.5. The average Bonchev–Trinajstić information content (AvgIpc) is 2.70. The molecule has 110 valence electrons. The van der Waals surface area contributed by atoms with Crippen LogP contribution in [0.2, 0.25) is 5.02 Å². The van der Waals surface area contributed by atoms with Gasteiger partial charge in [0.15, 0.2) is 0 Å². The molecule has 0 aromatic heterocycles. The Balaban J connectivity index is 1.95. The summed E-state index contributed by atoms with van der Waals surface area (Å²) in [7, 11) is 0. The van der Waals surface area contributed by atoms with E-state index in [1.165, 1.54) is 22.3 Å². The highest BCUT2D eigenvalue weighted by Crippen LogP contribution is 2.40. The lowest BCUT2D eigenvalue weighted by molar-refractivity contribution is 0.138. The Bertz CT molecular complexity index is 694. The zero-order valence-electron chi connectivity index (χ0n) is 12.4. The van der Waals surface area contributed by atoms with Crippen LogP contribution in [0.5, 0.6) is 5.75 Å². The van der Waals surface area contributed by atoms with Gasteiger partial charge in [0.2, 0.25) is 0 Å². The lowest BCUT2D eigenvalue weighted by atomic mass is 9.96. The fourth-order valence-corrected chi connectivity index (χ4v) is 3.92. The van der Waals surface area contributed by atoms with Gasteiger partial charge in [0.05, 0.1) is 4.83 Å². The van der Waals surface area contributed by atoms with Gasteiger partial charge in [-0.25, -0.2) is 0 Å². The van der Waals surface area contributed by atoms with E-state index in [-0.39, 0.29) is 10.4 Å². The number of rotatable bonds is 2. The summed E-state index contributed by atoms with van der Waals surface area (Å²) < 4.78 is 5.94. The molecule has 0 aliphatic carbocycles. The zero-order valence-corrected chi connectivity index (χ0v) is 14.8. The minimum atomic E-state index is -0.0983. The summed E-state index contributed by atoms with van der Waals surface area (Å²) in [4.78, 5) is 0.170. The maximum Gasteiger partial charge on any atom is 0.123 e. The van der Waals surface area contributed by atoms with E-state index in [2.05, 4.69) is 61.0 Å². The Kier molecular flexibility index (Phi) is 3.79. The first-order chi connectivity index (χ1) is 9.85. The standard InChI is InChI=1S/C18H18BrClO/c1-11-8-14(20)5-6-15(11)17(19)12-4-7-16-13(9-12)10-18(2,3)21-16/h4-9,17H,10H2,1-3H3. The number of halogens is 2. The number of aryl methyl sites for hydroxylation is 1. The molecule has 0 fully saturated rings. The molecule has 1 aliphatic heterocycles. The maximum atomic E-state index is 6.04. The van der Waals surface area contributed by atoms with E-state index in [1.54, 1.807) is 0 Å². The van der Waals surface area contributed by atoms with Gasteiger partial charge in [-0.1, -0.05) is 45.7 Å². The lowest BCUT2D eigenvalue weighted by Crippen LogP contribution is -2.24. The molecule has 1 nitrogen and oxygen atoms in total. The molecule has 3 rings (SSSR count). The third-order valence-electron chi connectivity index (χ3n) is 3.88. The van der Waals surface area contributed by atoms with E-state index in [0.717, 1.165) is 17.2 Å². The first-order valence-electron chi connectivity index (χ1n) is 7.08. The number of ether oxygens (including phenoxy) is 1. The summed E-state index contributed by atoms with van der Waals surface area (Å²) in [5, 5.41) is 0.778. The van der Waals surface area contributed by atoms with Crippen LogP contribution < -0.4 is 4.74 Å². The van der Waals surface area contributed by atoms with Crippen LogP contribution in [0, 0.1) is 6.92 Å². The average molecular weight is 366 g/mol. The van der Waals surface area contributed by atoms with Crippen molar-refractivity contribution in [3.8, 4) is 5.75 Å². The van der Waals surface area contributed by atoms with Crippen LogP contribution >= 0.6 is 27.5 Å². The van der Waals surface area contributed by atoms with E-state index in [1.807, 2.05) is 12.1 Å². The molecular weight excluding hydrogens is 348 g/mol. The van der Waals surface area contributed by atoms with Crippen molar-refractivity contribution in [3.63, 3.8) is 0 Å². The molecular formula is C18H18BrClO. The number of hydrogen-bond acceptors (Lipinski definition) is 1. The summed E-state index contributed by atoms with van der Waals surface area (Å²) in [5.41, 5.74) is 4.88. The Morgan fingerprint density at radius 2 is 1.95 bits per heavy atom. The van der Waals surface area contributed by atoms with Gasteiger partial charge in [-0.05, 0) is 61.2 Å². The summed E-state index contributed by atoms with van der Waals surface area (Å²) in [6.45, 7) is 6.35. The molecule has 2 aromatic carbocycles. The van der Waals surface area contributed by atoms with Crippen molar-refractivity contribution in [1.82, 2.24) is 0 Å². The minimum Gasteiger partial charge on any atom is -0.487 e. The molecule has 0 amide bonds. The Morgan fingerprint density at radius 3 is 2.67 bits per heavy atom. The second-order valence-corrected chi connectivity index (χ2v) is 7.62. The largest absolute Gasteiger partial charge is 0.487 e. The number of fused-ring (bicyclic) bond motifs is 1. The third kappa shape index (κ3) is 2.97. The van der Waals surface area contributed by atoms with Gasteiger partial charge >= 0.3 is 0 Å². The van der Waals surface area contributed by atoms with E-state index in [0.29, 0.717) is 0 Å². The molecule has 21 heavy (non-hydrogen) atoms. The molecule has 0 radical (unpaired) electrons. The molecule has 0 saturated heterocycles. The third-order valence-corrected chi connectivity index (χ3v) is 5.14. The van der Waals surface area contributed by atoms with E-state index in [9.17, 15) is 0 Å². The van der Waals surface area contributed by atoms with Crippen LogP contribution in [-0.4, -0.2) is 5.60 Å². The maximum absolute atomic E-state index is 6.04. The molecule has 3 heteroatoms. The van der Waals surface area contributed by atoms with Crippen molar-refractivity contribution in [3.05, 3.63) is 63.7 Å². The molecule has 1 heterocycles. The van der Waals surface area contributed by atoms with Crippen molar-refractivity contribution in [2.24, 2.45) is 0 Å². The van der Waals surface area contributed by atoms with Crippen LogP contribution in [0.1, 0.15) is 40.9 Å². The van der Waals surface area contributed by atoms with Crippen LogP contribution in [0.25, 0.3) is 0 Å². The van der Waals surface area contributed by atoms with Gasteiger partial charge in [0.25, 0.3) is 0 Å². The van der Waals surface area contributed by atoms with Gasteiger partial charge in [-0.3, -0.25) is 0 Å². The Hall–Kier alpha value is -0.990. The highest BCUT2D eigenvalue weighted by Gasteiger charge is 2.30. The van der Waals surface area contributed by atoms with Gasteiger partial charge in [0.1, 0.15) is 11.4 Å². The summed E-state index contributed by atoms with van der Waals surface area (Å²) in [6.07, 6.45) is 0.954. The zero-order chi connectivity index (χ0) is 15.2. The molecule has 2 aromatic rings. The molecule has 0 N–H and O–H groups in total. The fourth-order valence-electron chi connectivity index (χ4n) is 2.89. The first-order valence-corrected chi connectivity index (χ1v) is 8.37. The molecule has 0 bridgehead atoms. The summed E-state index contributed by atoms with van der Waals surface area (Å²) >= 11 is 9.87. The van der Waals surface area contributed by atoms with Crippen molar-refractivity contribution >= 4 is 27.5 Å². The van der Waals surface area contributed by atoms with E-state index < -0.39 is 0 Å².